The minimum atomic E-state index is -0.130. The molecule has 1 N–H and O–H groups in total. The van der Waals surface area contributed by atoms with Gasteiger partial charge in [-0.25, -0.2) is 4.98 Å². The molecule has 0 radical (unpaired) electrons. The average Bonchev–Trinajstić information content (AvgIpc) is 3.20. The molecule has 2 heterocycles. The van der Waals surface area contributed by atoms with E-state index in [4.69, 9.17) is 9.72 Å². The summed E-state index contributed by atoms with van der Waals surface area (Å²) in [6.45, 7) is 6.34. The fourth-order valence-corrected chi connectivity index (χ4v) is 3.85. The predicted molar refractivity (Wildman–Crippen MR) is 119 cm³/mol. The minimum Gasteiger partial charge on any atom is -0.373 e. The van der Waals surface area contributed by atoms with Crippen LogP contribution in [0, 0.1) is 0 Å². The molecular formula is C24H28N4O2. The van der Waals surface area contributed by atoms with Crippen LogP contribution in [0.5, 0.6) is 0 Å². The maximum atomic E-state index is 12.9. The molecule has 0 saturated carbocycles. The van der Waals surface area contributed by atoms with Gasteiger partial charge in [0.2, 0.25) is 0 Å². The van der Waals surface area contributed by atoms with Crippen LogP contribution in [0.3, 0.4) is 0 Å². The lowest BCUT2D eigenvalue weighted by atomic mass is 10.2. The molecule has 0 atom stereocenters. The van der Waals surface area contributed by atoms with Crippen molar-refractivity contribution in [1.82, 2.24) is 14.9 Å². The van der Waals surface area contributed by atoms with Gasteiger partial charge in [0.1, 0.15) is 5.82 Å². The zero-order valence-electron chi connectivity index (χ0n) is 17.4. The van der Waals surface area contributed by atoms with Crippen LogP contribution in [-0.2, 0) is 17.9 Å². The van der Waals surface area contributed by atoms with Gasteiger partial charge in [-0.05, 0) is 25.5 Å². The maximum absolute atomic E-state index is 12.9. The van der Waals surface area contributed by atoms with Gasteiger partial charge in [0.15, 0.2) is 5.69 Å². The standard InChI is InChI=1S/C24H28N4O2/c1-2-27(20-12-7-4-8-13-20)15-9-14-25-24(29)22-21-18-30-17-16-28(21)23(26-22)19-10-5-3-6-11-19/h3-8,10-13H,2,9,14-18H2,1H3,(H,25,29). The molecule has 0 unspecified atom stereocenters. The van der Waals surface area contributed by atoms with Crippen LogP contribution in [0.15, 0.2) is 60.7 Å². The second kappa shape index (κ2) is 9.59. The molecule has 0 bridgehead atoms. The van der Waals surface area contributed by atoms with Gasteiger partial charge in [-0.2, -0.15) is 0 Å². The van der Waals surface area contributed by atoms with Crippen molar-refractivity contribution >= 4 is 11.6 Å². The van der Waals surface area contributed by atoms with Gasteiger partial charge < -0.3 is 19.5 Å². The summed E-state index contributed by atoms with van der Waals surface area (Å²) in [7, 11) is 0. The second-order valence-corrected chi connectivity index (χ2v) is 7.33. The Kier molecular flexibility index (Phi) is 6.44. The molecule has 4 rings (SSSR count). The van der Waals surface area contributed by atoms with E-state index in [1.807, 2.05) is 48.5 Å². The van der Waals surface area contributed by atoms with Crippen LogP contribution < -0.4 is 10.2 Å². The quantitative estimate of drug-likeness (QED) is 0.581. The van der Waals surface area contributed by atoms with Gasteiger partial charge in [-0.15, -0.1) is 0 Å². The largest absolute Gasteiger partial charge is 0.373 e. The summed E-state index contributed by atoms with van der Waals surface area (Å²) in [4.78, 5) is 19.9. The number of hydrogen-bond acceptors (Lipinski definition) is 4. The van der Waals surface area contributed by atoms with Crippen molar-refractivity contribution in [1.29, 1.82) is 0 Å². The molecule has 1 aromatic heterocycles. The topological polar surface area (TPSA) is 59.4 Å². The normalized spacial score (nSPS) is 13.0. The Morgan fingerprint density at radius 3 is 2.60 bits per heavy atom. The highest BCUT2D eigenvalue weighted by molar-refractivity contribution is 5.94. The molecule has 1 aliphatic rings. The molecule has 0 saturated heterocycles. The van der Waals surface area contributed by atoms with E-state index >= 15 is 0 Å². The van der Waals surface area contributed by atoms with E-state index in [0.29, 0.717) is 32.0 Å². The number of nitrogens with zero attached hydrogens (tertiary/aromatic N) is 3. The highest BCUT2D eigenvalue weighted by atomic mass is 16.5. The molecule has 0 spiro atoms. The van der Waals surface area contributed by atoms with Crippen LogP contribution in [0.25, 0.3) is 11.4 Å². The van der Waals surface area contributed by atoms with Gasteiger partial charge in [-0.1, -0.05) is 48.5 Å². The van der Waals surface area contributed by atoms with Crippen molar-refractivity contribution in [2.75, 3.05) is 31.1 Å². The van der Waals surface area contributed by atoms with E-state index in [0.717, 1.165) is 36.6 Å². The molecule has 0 fully saturated rings. The first-order valence-corrected chi connectivity index (χ1v) is 10.6. The number of carbonyl (C=O) groups excluding carboxylic acids is 1. The molecule has 156 valence electrons. The highest BCUT2D eigenvalue weighted by Gasteiger charge is 2.25. The average molecular weight is 405 g/mol. The Bertz CT molecular complexity index is 970. The van der Waals surface area contributed by atoms with Gasteiger partial charge in [0.05, 0.1) is 18.9 Å². The fraction of sp³-hybridized carbons (Fsp3) is 0.333. The fourth-order valence-electron chi connectivity index (χ4n) is 3.85. The summed E-state index contributed by atoms with van der Waals surface area (Å²) in [5.74, 6) is 0.703. The van der Waals surface area contributed by atoms with Crippen LogP contribution in [-0.4, -0.2) is 41.7 Å². The molecule has 1 amide bonds. The lowest BCUT2D eigenvalue weighted by molar-refractivity contribution is 0.0817. The second-order valence-electron chi connectivity index (χ2n) is 7.33. The Morgan fingerprint density at radius 1 is 1.13 bits per heavy atom. The van der Waals surface area contributed by atoms with Gasteiger partial charge >= 0.3 is 0 Å². The Labute approximate surface area is 177 Å². The summed E-state index contributed by atoms with van der Waals surface area (Å²) >= 11 is 0. The number of fused-ring (bicyclic) bond motifs is 1. The maximum Gasteiger partial charge on any atom is 0.271 e. The molecule has 0 aliphatic carbocycles. The Morgan fingerprint density at radius 2 is 1.87 bits per heavy atom. The van der Waals surface area contributed by atoms with Gasteiger partial charge in [-0.3, -0.25) is 4.79 Å². The third kappa shape index (κ3) is 4.39. The van der Waals surface area contributed by atoms with Crippen molar-refractivity contribution in [3.8, 4) is 11.4 Å². The number of aromatic nitrogens is 2. The molecule has 6 heteroatoms. The number of carbonyl (C=O) groups is 1. The summed E-state index contributed by atoms with van der Waals surface area (Å²) in [5, 5.41) is 3.05. The van der Waals surface area contributed by atoms with Crippen molar-refractivity contribution < 1.29 is 9.53 Å². The smallest absolute Gasteiger partial charge is 0.271 e. The van der Waals surface area contributed by atoms with E-state index < -0.39 is 0 Å². The lowest BCUT2D eigenvalue weighted by Crippen LogP contribution is -2.31. The third-order valence-corrected chi connectivity index (χ3v) is 5.41. The number of ether oxygens (including phenoxy) is 1. The van der Waals surface area contributed by atoms with Gasteiger partial charge in [0.25, 0.3) is 5.91 Å². The predicted octanol–water partition coefficient (Wildman–Crippen LogP) is 3.73. The van der Waals surface area contributed by atoms with Crippen molar-refractivity contribution in [3.63, 3.8) is 0 Å². The van der Waals surface area contributed by atoms with Crippen LogP contribution in [0.1, 0.15) is 29.5 Å². The van der Waals surface area contributed by atoms with Gasteiger partial charge in [0, 0.05) is 37.4 Å². The zero-order chi connectivity index (χ0) is 20.8. The van der Waals surface area contributed by atoms with Crippen molar-refractivity contribution in [2.45, 2.75) is 26.5 Å². The lowest BCUT2D eigenvalue weighted by Gasteiger charge is -2.23. The number of hydrogen-bond donors (Lipinski definition) is 1. The highest BCUT2D eigenvalue weighted by Crippen LogP contribution is 2.25. The monoisotopic (exact) mass is 404 g/mol. The van der Waals surface area contributed by atoms with E-state index in [-0.39, 0.29) is 5.91 Å². The van der Waals surface area contributed by atoms with E-state index in [1.54, 1.807) is 0 Å². The number of nitrogens with one attached hydrogen (secondary N) is 1. The summed E-state index contributed by atoms with van der Waals surface area (Å²) < 4.78 is 7.72. The number of anilines is 1. The van der Waals surface area contributed by atoms with Crippen molar-refractivity contribution in [2.24, 2.45) is 0 Å². The Hall–Kier alpha value is -3.12. The molecule has 3 aromatic rings. The summed E-state index contributed by atoms with van der Waals surface area (Å²) in [5.41, 5.74) is 3.56. The number of imidazole rings is 1. The molecule has 6 nitrogen and oxygen atoms in total. The molecular weight excluding hydrogens is 376 g/mol. The third-order valence-electron chi connectivity index (χ3n) is 5.41. The van der Waals surface area contributed by atoms with E-state index in [1.165, 1.54) is 5.69 Å². The zero-order valence-corrected chi connectivity index (χ0v) is 17.4. The molecule has 30 heavy (non-hydrogen) atoms. The van der Waals surface area contributed by atoms with Crippen LogP contribution >= 0.6 is 0 Å². The molecule has 2 aromatic carbocycles. The van der Waals surface area contributed by atoms with Crippen LogP contribution in [0.2, 0.25) is 0 Å². The summed E-state index contributed by atoms with van der Waals surface area (Å²) in [6, 6.07) is 20.4. The number of amides is 1. The van der Waals surface area contributed by atoms with Crippen LogP contribution in [0.4, 0.5) is 5.69 Å². The Balaban J connectivity index is 1.41. The first-order valence-electron chi connectivity index (χ1n) is 10.6. The molecule has 1 aliphatic heterocycles. The summed E-state index contributed by atoms with van der Waals surface area (Å²) in [6.07, 6.45) is 0.868. The number of benzene rings is 2. The first kappa shape index (κ1) is 20.2. The minimum absolute atomic E-state index is 0.130. The number of para-hydroxylation sites is 1. The first-order chi connectivity index (χ1) is 14.8. The van der Waals surface area contributed by atoms with E-state index in [2.05, 4.69) is 33.8 Å². The van der Waals surface area contributed by atoms with E-state index in [9.17, 15) is 4.79 Å². The van der Waals surface area contributed by atoms with Crippen molar-refractivity contribution in [3.05, 3.63) is 72.1 Å². The number of rotatable bonds is 8. The SMILES string of the molecule is CCN(CCCNC(=O)c1nc(-c2ccccc2)n2c1COCC2)c1ccccc1.